The highest BCUT2D eigenvalue weighted by molar-refractivity contribution is 6.39. The molecule has 0 atom stereocenters. The normalized spacial score (nSPS) is 9.62. The average molecular weight is 225 g/mol. The first-order valence-corrected chi connectivity index (χ1v) is 4.68. The van der Waals surface area contributed by atoms with Gasteiger partial charge < -0.3 is 16.4 Å². The third-order valence-corrected chi connectivity index (χ3v) is 1.72. The van der Waals surface area contributed by atoms with Crippen LogP contribution < -0.4 is 16.4 Å². The second kappa shape index (κ2) is 5.82. The first-order chi connectivity index (χ1) is 7.63. The molecule has 6 heteroatoms. The summed E-state index contributed by atoms with van der Waals surface area (Å²) in [5.74, 6) is -2.13. The third-order valence-electron chi connectivity index (χ3n) is 1.72. The van der Waals surface area contributed by atoms with Crippen molar-refractivity contribution in [1.82, 2.24) is 5.32 Å². The lowest BCUT2D eigenvalue weighted by atomic mass is 10.3. The molecule has 0 saturated carbocycles. The van der Waals surface area contributed by atoms with Gasteiger partial charge in [-0.05, 0) is 18.2 Å². The topological polar surface area (TPSA) is 84.2 Å². The van der Waals surface area contributed by atoms with Crippen molar-refractivity contribution in [3.63, 3.8) is 0 Å². The van der Waals surface area contributed by atoms with E-state index in [4.69, 9.17) is 5.73 Å². The van der Waals surface area contributed by atoms with Crippen LogP contribution in [0.4, 0.5) is 10.1 Å². The van der Waals surface area contributed by atoms with Crippen molar-refractivity contribution in [2.45, 2.75) is 0 Å². The van der Waals surface area contributed by atoms with Gasteiger partial charge in [0.15, 0.2) is 0 Å². The molecule has 2 amide bonds. The van der Waals surface area contributed by atoms with E-state index in [0.717, 1.165) is 6.07 Å². The maximum atomic E-state index is 12.8. The number of benzene rings is 1. The minimum atomic E-state index is -0.848. The van der Waals surface area contributed by atoms with Crippen LogP contribution in [0.15, 0.2) is 24.3 Å². The molecular formula is C10H12FN3O2. The SMILES string of the molecule is NCCNC(=O)C(=O)Nc1cccc(F)c1. The van der Waals surface area contributed by atoms with Gasteiger partial charge >= 0.3 is 11.8 Å². The van der Waals surface area contributed by atoms with Gasteiger partial charge in [0.25, 0.3) is 0 Å². The summed E-state index contributed by atoms with van der Waals surface area (Å²) < 4.78 is 12.8. The number of hydrogen-bond donors (Lipinski definition) is 3. The van der Waals surface area contributed by atoms with Gasteiger partial charge in [-0.25, -0.2) is 4.39 Å². The maximum Gasteiger partial charge on any atom is 0.313 e. The van der Waals surface area contributed by atoms with Gasteiger partial charge in [0.2, 0.25) is 0 Å². The van der Waals surface area contributed by atoms with Crippen molar-refractivity contribution < 1.29 is 14.0 Å². The van der Waals surface area contributed by atoms with E-state index in [1.165, 1.54) is 18.2 Å². The molecule has 0 fully saturated rings. The molecule has 16 heavy (non-hydrogen) atoms. The molecule has 5 nitrogen and oxygen atoms in total. The number of carbonyl (C=O) groups excluding carboxylic acids is 2. The largest absolute Gasteiger partial charge is 0.347 e. The second-order valence-corrected chi connectivity index (χ2v) is 3.01. The minimum Gasteiger partial charge on any atom is -0.347 e. The van der Waals surface area contributed by atoms with Crippen molar-refractivity contribution in [3.8, 4) is 0 Å². The van der Waals surface area contributed by atoms with E-state index < -0.39 is 17.6 Å². The van der Waals surface area contributed by atoms with Crippen molar-refractivity contribution >= 4 is 17.5 Å². The molecule has 0 spiro atoms. The molecule has 0 aliphatic heterocycles. The van der Waals surface area contributed by atoms with Gasteiger partial charge in [-0.15, -0.1) is 0 Å². The molecular weight excluding hydrogens is 213 g/mol. The zero-order chi connectivity index (χ0) is 12.0. The lowest BCUT2D eigenvalue weighted by Crippen LogP contribution is -2.37. The minimum absolute atomic E-state index is 0.218. The molecule has 1 aromatic rings. The monoisotopic (exact) mass is 225 g/mol. The van der Waals surface area contributed by atoms with E-state index in [-0.39, 0.29) is 18.8 Å². The zero-order valence-corrected chi connectivity index (χ0v) is 8.50. The lowest BCUT2D eigenvalue weighted by Gasteiger charge is -2.05. The van der Waals surface area contributed by atoms with Crippen molar-refractivity contribution in [2.75, 3.05) is 18.4 Å². The Balaban J connectivity index is 2.54. The molecule has 4 N–H and O–H groups in total. The molecule has 0 saturated heterocycles. The first-order valence-electron chi connectivity index (χ1n) is 4.68. The molecule has 0 aromatic heterocycles. The fourth-order valence-corrected chi connectivity index (χ4v) is 1.02. The van der Waals surface area contributed by atoms with Crippen LogP contribution in [0.1, 0.15) is 0 Å². The van der Waals surface area contributed by atoms with Gasteiger partial charge in [0.1, 0.15) is 5.82 Å². The lowest BCUT2D eigenvalue weighted by molar-refractivity contribution is -0.136. The average Bonchev–Trinajstić information content (AvgIpc) is 2.25. The third kappa shape index (κ3) is 3.66. The molecule has 0 aliphatic carbocycles. The van der Waals surface area contributed by atoms with Gasteiger partial charge in [-0.2, -0.15) is 0 Å². The summed E-state index contributed by atoms with van der Waals surface area (Å²) in [5.41, 5.74) is 5.38. The summed E-state index contributed by atoms with van der Waals surface area (Å²) in [6.45, 7) is 0.467. The van der Waals surface area contributed by atoms with Crippen LogP contribution in [0.5, 0.6) is 0 Å². The number of carbonyl (C=O) groups is 2. The Morgan fingerprint density at radius 3 is 2.69 bits per heavy atom. The second-order valence-electron chi connectivity index (χ2n) is 3.01. The fourth-order valence-electron chi connectivity index (χ4n) is 1.02. The Hall–Kier alpha value is -1.95. The van der Waals surface area contributed by atoms with Gasteiger partial charge in [-0.1, -0.05) is 6.07 Å². The van der Waals surface area contributed by atoms with Crippen LogP contribution >= 0.6 is 0 Å². The number of hydrogen-bond acceptors (Lipinski definition) is 3. The van der Waals surface area contributed by atoms with Crippen LogP contribution in [0, 0.1) is 5.82 Å². The molecule has 0 heterocycles. The van der Waals surface area contributed by atoms with E-state index in [0.29, 0.717) is 0 Å². The highest BCUT2D eigenvalue weighted by Crippen LogP contribution is 2.08. The number of nitrogens with one attached hydrogen (secondary N) is 2. The number of nitrogens with two attached hydrogens (primary N) is 1. The fraction of sp³-hybridized carbons (Fsp3) is 0.200. The van der Waals surface area contributed by atoms with Crippen molar-refractivity contribution in [1.29, 1.82) is 0 Å². The Morgan fingerprint density at radius 1 is 1.31 bits per heavy atom. The number of halogens is 1. The Kier molecular flexibility index (Phi) is 4.41. The highest BCUT2D eigenvalue weighted by atomic mass is 19.1. The van der Waals surface area contributed by atoms with E-state index >= 15 is 0 Å². The van der Waals surface area contributed by atoms with E-state index in [1.54, 1.807) is 0 Å². The molecule has 0 aliphatic rings. The van der Waals surface area contributed by atoms with Crippen LogP contribution in [-0.2, 0) is 9.59 Å². The summed E-state index contributed by atoms with van der Waals surface area (Å²) in [6.07, 6.45) is 0. The standard InChI is InChI=1S/C10H12FN3O2/c11-7-2-1-3-8(6-7)14-10(16)9(15)13-5-4-12/h1-3,6H,4-5,12H2,(H,13,15)(H,14,16). The molecule has 1 rings (SSSR count). The van der Waals surface area contributed by atoms with E-state index in [2.05, 4.69) is 10.6 Å². The first kappa shape index (κ1) is 12.1. The summed E-state index contributed by atoms with van der Waals surface area (Å²) in [4.78, 5) is 22.4. The Morgan fingerprint density at radius 2 is 2.06 bits per heavy atom. The predicted molar refractivity (Wildman–Crippen MR) is 57.1 cm³/mol. The summed E-state index contributed by atoms with van der Waals surface area (Å²) in [5, 5.41) is 4.56. The van der Waals surface area contributed by atoms with Crippen LogP contribution in [0.3, 0.4) is 0 Å². The highest BCUT2D eigenvalue weighted by Gasteiger charge is 2.12. The predicted octanol–water partition coefficient (Wildman–Crippen LogP) is -0.161. The van der Waals surface area contributed by atoms with Crippen LogP contribution in [0.2, 0.25) is 0 Å². The summed E-state index contributed by atoms with van der Waals surface area (Å²) >= 11 is 0. The van der Waals surface area contributed by atoms with Gasteiger partial charge in [0, 0.05) is 18.8 Å². The van der Waals surface area contributed by atoms with Gasteiger partial charge in [0.05, 0.1) is 0 Å². The number of amides is 2. The van der Waals surface area contributed by atoms with E-state index in [1.807, 2.05) is 0 Å². The summed E-state index contributed by atoms with van der Waals surface area (Å²) in [7, 11) is 0. The van der Waals surface area contributed by atoms with E-state index in [9.17, 15) is 14.0 Å². The molecule has 0 unspecified atom stereocenters. The van der Waals surface area contributed by atoms with Crippen LogP contribution in [0.25, 0.3) is 0 Å². The molecule has 86 valence electrons. The smallest absolute Gasteiger partial charge is 0.313 e. The Bertz CT molecular complexity index is 395. The number of anilines is 1. The molecule has 1 aromatic carbocycles. The quantitative estimate of drug-likeness (QED) is 0.625. The maximum absolute atomic E-state index is 12.8. The Labute approximate surface area is 91.8 Å². The number of rotatable bonds is 3. The zero-order valence-electron chi connectivity index (χ0n) is 8.50. The van der Waals surface area contributed by atoms with Crippen LogP contribution in [-0.4, -0.2) is 24.9 Å². The summed E-state index contributed by atoms with van der Waals surface area (Å²) in [6, 6.07) is 5.28. The molecule has 0 radical (unpaired) electrons. The van der Waals surface area contributed by atoms with Crippen molar-refractivity contribution in [3.05, 3.63) is 30.1 Å². The molecule has 0 bridgehead atoms. The van der Waals surface area contributed by atoms with Gasteiger partial charge in [-0.3, -0.25) is 9.59 Å². The van der Waals surface area contributed by atoms with Crippen molar-refractivity contribution in [2.24, 2.45) is 5.73 Å².